The molecule has 1 amide bonds. The Hall–Kier alpha value is -1.42. The fraction of sp³-hybridized carbons (Fsp3) is 0.417. The topological polar surface area (TPSA) is 38.8 Å². The number of hydrogen-bond donors (Lipinski definition) is 0. The molecule has 0 saturated carbocycles. The number of rotatable bonds is 3. The zero-order chi connectivity index (χ0) is 12.3. The Morgan fingerprint density at radius 3 is 2.88 bits per heavy atom. The standard InChI is InChI=1S/C12H14ClNO3/c1-14(12(15)6-13)7-9-8-16-10-4-2-3-5-11(10)17-9/h2-5,9H,6-8H2,1H3. The molecule has 0 aromatic heterocycles. The van der Waals surface area contributed by atoms with Crippen LogP contribution in [-0.4, -0.2) is 43.0 Å². The Balaban J connectivity index is 1.96. The van der Waals surface area contributed by atoms with E-state index in [-0.39, 0.29) is 17.9 Å². The van der Waals surface area contributed by atoms with Gasteiger partial charge in [0.05, 0.1) is 6.54 Å². The summed E-state index contributed by atoms with van der Waals surface area (Å²) < 4.78 is 11.3. The first kappa shape index (κ1) is 12.0. The predicted octanol–water partition coefficient (Wildman–Crippen LogP) is 1.52. The lowest BCUT2D eigenvalue weighted by Crippen LogP contribution is -2.42. The minimum absolute atomic E-state index is 0.0132. The number of likely N-dealkylation sites (N-methyl/N-ethyl adjacent to an activating group) is 1. The van der Waals surface area contributed by atoms with Crippen molar-refractivity contribution in [1.29, 1.82) is 0 Å². The highest BCUT2D eigenvalue weighted by atomic mass is 35.5. The van der Waals surface area contributed by atoms with Gasteiger partial charge in [-0.15, -0.1) is 11.6 Å². The molecule has 2 rings (SSSR count). The van der Waals surface area contributed by atoms with E-state index in [9.17, 15) is 4.79 Å². The molecule has 0 bridgehead atoms. The third-order valence-electron chi connectivity index (χ3n) is 2.59. The van der Waals surface area contributed by atoms with Crippen LogP contribution in [0.25, 0.3) is 0 Å². The minimum Gasteiger partial charge on any atom is -0.486 e. The number of nitrogens with zero attached hydrogens (tertiary/aromatic N) is 1. The molecule has 1 aliphatic rings. The average molecular weight is 256 g/mol. The second-order valence-corrected chi connectivity index (χ2v) is 4.17. The van der Waals surface area contributed by atoms with Crippen molar-refractivity contribution in [3.63, 3.8) is 0 Å². The lowest BCUT2D eigenvalue weighted by molar-refractivity contribution is -0.128. The van der Waals surface area contributed by atoms with E-state index in [0.717, 1.165) is 11.5 Å². The molecule has 1 aromatic rings. The van der Waals surface area contributed by atoms with E-state index in [1.165, 1.54) is 0 Å². The smallest absolute Gasteiger partial charge is 0.237 e. The van der Waals surface area contributed by atoms with Gasteiger partial charge in [-0.25, -0.2) is 0 Å². The van der Waals surface area contributed by atoms with E-state index < -0.39 is 0 Å². The number of fused-ring (bicyclic) bond motifs is 1. The molecule has 0 aliphatic carbocycles. The molecule has 17 heavy (non-hydrogen) atoms. The van der Waals surface area contributed by atoms with E-state index in [2.05, 4.69) is 0 Å². The first-order valence-electron chi connectivity index (χ1n) is 5.39. The van der Waals surface area contributed by atoms with Crippen molar-refractivity contribution in [1.82, 2.24) is 4.90 Å². The summed E-state index contributed by atoms with van der Waals surface area (Å²) in [5.41, 5.74) is 0. The van der Waals surface area contributed by atoms with Gasteiger partial charge < -0.3 is 14.4 Å². The number of para-hydroxylation sites is 2. The van der Waals surface area contributed by atoms with Crippen LogP contribution in [0.3, 0.4) is 0 Å². The molecule has 0 radical (unpaired) electrons. The fourth-order valence-corrected chi connectivity index (χ4v) is 1.87. The lowest BCUT2D eigenvalue weighted by atomic mass is 10.2. The summed E-state index contributed by atoms with van der Waals surface area (Å²) in [6.07, 6.45) is -0.151. The van der Waals surface area contributed by atoms with Gasteiger partial charge in [0.15, 0.2) is 17.6 Å². The van der Waals surface area contributed by atoms with Crippen LogP contribution < -0.4 is 9.47 Å². The van der Waals surface area contributed by atoms with Crippen LogP contribution in [0, 0.1) is 0 Å². The van der Waals surface area contributed by atoms with Gasteiger partial charge in [0, 0.05) is 7.05 Å². The number of hydrogen-bond acceptors (Lipinski definition) is 3. The Kier molecular flexibility index (Phi) is 3.74. The second-order valence-electron chi connectivity index (χ2n) is 3.91. The number of alkyl halides is 1. The molecule has 1 heterocycles. The Morgan fingerprint density at radius 2 is 2.18 bits per heavy atom. The van der Waals surface area contributed by atoms with Crippen molar-refractivity contribution in [2.75, 3.05) is 26.1 Å². The van der Waals surface area contributed by atoms with Crippen molar-refractivity contribution in [2.45, 2.75) is 6.10 Å². The van der Waals surface area contributed by atoms with Crippen molar-refractivity contribution >= 4 is 17.5 Å². The monoisotopic (exact) mass is 255 g/mol. The van der Waals surface area contributed by atoms with E-state index >= 15 is 0 Å². The molecule has 1 atom stereocenters. The van der Waals surface area contributed by atoms with Crippen molar-refractivity contribution in [3.8, 4) is 11.5 Å². The summed E-state index contributed by atoms with van der Waals surface area (Å²) in [6.45, 7) is 0.913. The van der Waals surface area contributed by atoms with Gasteiger partial charge in [0.25, 0.3) is 0 Å². The summed E-state index contributed by atoms with van der Waals surface area (Å²) in [7, 11) is 1.70. The summed E-state index contributed by atoms with van der Waals surface area (Å²) >= 11 is 5.48. The van der Waals surface area contributed by atoms with Crippen LogP contribution >= 0.6 is 11.6 Å². The summed E-state index contributed by atoms with van der Waals surface area (Å²) in [4.78, 5) is 12.9. The summed E-state index contributed by atoms with van der Waals surface area (Å²) in [5.74, 6) is 1.33. The third kappa shape index (κ3) is 2.82. The van der Waals surface area contributed by atoms with E-state index in [1.54, 1.807) is 11.9 Å². The van der Waals surface area contributed by atoms with Gasteiger partial charge in [0.1, 0.15) is 12.5 Å². The SMILES string of the molecule is CN(CC1COc2ccccc2O1)C(=O)CCl. The van der Waals surface area contributed by atoms with Crippen molar-refractivity contribution < 1.29 is 14.3 Å². The van der Waals surface area contributed by atoms with E-state index in [4.69, 9.17) is 21.1 Å². The van der Waals surface area contributed by atoms with Crippen LogP contribution in [0.15, 0.2) is 24.3 Å². The minimum atomic E-state index is -0.151. The molecule has 1 unspecified atom stereocenters. The van der Waals surface area contributed by atoms with Gasteiger partial charge in [-0.3, -0.25) is 4.79 Å². The fourth-order valence-electron chi connectivity index (χ4n) is 1.66. The lowest BCUT2D eigenvalue weighted by Gasteiger charge is -2.29. The quantitative estimate of drug-likeness (QED) is 0.769. The normalized spacial score (nSPS) is 17.6. The zero-order valence-electron chi connectivity index (χ0n) is 9.56. The molecule has 1 aliphatic heterocycles. The highest BCUT2D eigenvalue weighted by molar-refractivity contribution is 6.27. The zero-order valence-corrected chi connectivity index (χ0v) is 10.3. The maximum atomic E-state index is 11.3. The number of ether oxygens (including phenoxy) is 2. The van der Waals surface area contributed by atoms with E-state index in [0.29, 0.717) is 13.2 Å². The molecule has 1 aromatic carbocycles. The molecule has 5 heteroatoms. The number of benzene rings is 1. The number of carbonyl (C=O) groups is 1. The first-order chi connectivity index (χ1) is 8.20. The molecule has 4 nitrogen and oxygen atoms in total. The second kappa shape index (κ2) is 5.27. The van der Waals surface area contributed by atoms with Crippen LogP contribution in [0.5, 0.6) is 11.5 Å². The molecular weight excluding hydrogens is 242 g/mol. The highest BCUT2D eigenvalue weighted by Gasteiger charge is 2.23. The third-order valence-corrected chi connectivity index (χ3v) is 2.81. The van der Waals surface area contributed by atoms with Crippen LogP contribution in [0.2, 0.25) is 0 Å². The summed E-state index contributed by atoms with van der Waals surface area (Å²) in [6, 6.07) is 7.49. The average Bonchev–Trinajstić information content (AvgIpc) is 2.37. The van der Waals surface area contributed by atoms with Gasteiger partial charge in [-0.1, -0.05) is 12.1 Å². The van der Waals surface area contributed by atoms with Crippen LogP contribution in [-0.2, 0) is 4.79 Å². The Bertz CT molecular complexity index is 410. The van der Waals surface area contributed by atoms with Crippen molar-refractivity contribution in [2.24, 2.45) is 0 Å². The molecule has 0 fully saturated rings. The molecular formula is C12H14ClNO3. The summed E-state index contributed by atoms with van der Waals surface area (Å²) in [5, 5.41) is 0. The maximum absolute atomic E-state index is 11.3. The first-order valence-corrected chi connectivity index (χ1v) is 5.92. The van der Waals surface area contributed by atoms with E-state index in [1.807, 2.05) is 24.3 Å². The van der Waals surface area contributed by atoms with Gasteiger partial charge in [-0.05, 0) is 12.1 Å². The molecule has 0 saturated heterocycles. The number of carbonyl (C=O) groups excluding carboxylic acids is 1. The van der Waals surface area contributed by atoms with Gasteiger partial charge >= 0.3 is 0 Å². The van der Waals surface area contributed by atoms with Gasteiger partial charge in [-0.2, -0.15) is 0 Å². The molecule has 92 valence electrons. The van der Waals surface area contributed by atoms with Crippen LogP contribution in [0.1, 0.15) is 0 Å². The predicted molar refractivity (Wildman–Crippen MR) is 64.7 cm³/mol. The Labute approximate surface area is 105 Å². The van der Waals surface area contributed by atoms with Crippen molar-refractivity contribution in [3.05, 3.63) is 24.3 Å². The van der Waals surface area contributed by atoms with Gasteiger partial charge in [0.2, 0.25) is 5.91 Å². The highest BCUT2D eigenvalue weighted by Crippen LogP contribution is 2.30. The number of amides is 1. The molecule has 0 N–H and O–H groups in total. The number of halogens is 1. The maximum Gasteiger partial charge on any atom is 0.237 e. The van der Waals surface area contributed by atoms with Crippen LogP contribution in [0.4, 0.5) is 0 Å². The molecule has 0 spiro atoms. The largest absolute Gasteiger partial charge is 0.486 e. The Morgan fingerprint density at radius 1 is 1.47 bits per heavy atom.